The number of fused-ring (bicyclic) bond motifs is 2. The molecular weight excluding hydrogens is 306 g/mol. The van der Waals surface area contributed by atoms with Gasteiger partial charge in [0, 0.05) is 17.9 Å². The van der Waals surface area contributed by atoms with Gasteiger partial charge in [-0.3, -0.25) is 4.79 Å². The third-order valence-electron chi connectivity index (χ3n) is 4.83. The SMILES string of the molecule is CCC(CC)n1ncc2c1NC(=O)C[C@H]2c1cccc2nonc12. The van der Waals surface area contributed by atoms with E-state index in [0.29, 0.717) is 17.5 Å². The van der Waals surface area contributed by atoms with Crippen LogP contribution in [0.2, 0.25) is 0 Å². The summed E-state index contributed by atoms with van der Waals surface area (Å²) in [7, 11) is 0. The summed E-state index contributed by atoms with van der Waals surface area (Å²) >= 11 is 0. The van der Waals surface area contributed by atoms with Crippen molar-refractivity contribution in [2.24, 2.45) is 0 Å². The molecule has 24 heavy (non-hydrogen) atoms. The Balaban J connectivity index is 1.85. The van der Waals surface area contributed by atoms with Crippen molar-refractivity contribution in [1.82, 2.24) is 20.1 Å². The van der Waals surface area contributed by atoms with Crippen LogP contribution < -0.4 is 5.32 Å². The Labute approximate surface area is 139 Å². The van der Waals surface area contributed by atoms with Gasteiger partial charge in [0.25, 0.3) is 0 Å². The number of rotatable bonds is 4. The number of nitrogens with zero attached hydrogens (tertiary/aromatic N) is 4. The Morgan fingerprint density at radius 1 is 1.29 bits per heavy atom. The minimum Gasteiger partial charge on any atom is -0.311 e. The quantitative estimate of drug-likeness (QED) is 0.795. The Hall–Kier alpha value is -2.70. The van der Waals surface area contributed by atoms with Gasteiger partial charge in [0.05, 0.1) is 12.2 Å². The topological polar surface area (TPSA) is 85.8 Å². The minimum atomic E-state index is -0.0903. The summed E-state index contributed by atoms with van der Waals surface area (Å²) in [6.07, 6.45) is 4.17. The molecule has 0 saturated carbocycles. The van der Waals surface area contributed by atoms with Crippen molar-refractivity contribution in [3.8, 4) is 0 Å². The Bertz CT molecular complexity index is 893. The average Bonchev–Trinajstić information content (AvgIpc) is 3.22. The zero-order chi connectivity index (χ0) is 16.7. The van der Waals surface area contributed by atoms with E-state index in [9.17, 15) is 4.79 Å². The zero-order valence-corrected chi connectivity index (χ0v) is 13.7. The van der Waals surface area contributed by atoms with E-state index in [4.69, 9.17) is 4.63 Å². The largest absolute Gasteiger partial charge is 0.311 e. The van der Waals surface area contributed by atoms with E-state index in [1.54, 1.807) is 0 Å². The van der Waals surface area contributed by atoms with Crippen molar-refractivity contribution in [1.29, 1.82) is 0 Å². The van der Waals surface area contributed by atoms with Gasteiger partial charge in [-0.2, -0.15) is 5.10 Å². The normalized spacial score (nSPS) is 17.3. The highest BCUT2D eigenvalue weighted by Gasteiger charge is 2.32. The maximum absolute atomic E-state index is 12.3. The molecule has 0 spiro atoms. The van der Waals surface area contributed by atoms with Crippen LogP contribution in [0.1, 0.15) is 56.2 Å². The molecule has 0 bridgehead atoms. The van der Waals surface area contributed by atoms with Crippen molar-refractivity contribution in [3.63, 3.8) is 0 Å². The predicted octanol–water partition coefficient (Wildman–Crippen LogP) is 3.25. The average molecular weight is 325 g/mol. The molecule has 1 atom stereocenters. The molecule has 1 aromatic carbocycles. The van der Waals surface area contributed by atoms with Crippen LogP contribution in [0.5, 0.6) is 0 Å². The summed E-state index contributed by atoms with van der Waals surface area (Å²) in [5.74, 6) is 0.708. The second kappa shape index (κ2) is 5.74. The first-order valence-electron chi connectivity index (χ1n) is 8.31. The Kier molecular flexibility index (Phi) is 3.55. The fraction of sp³-hybridized carbons (Fsp3) is 0.412. The zero-order valence-electron chi connectivity index (χ0n) is 13.7. The van der Waals surface area contributed by atoms with Gasteiger partial charge in [-0.1, -0.05) is 26.0 Å². The van der Waals surface area contributed by atoms with E-state index in [0.717, 1.165) is 29.8 Å². The summed E-state index contributed by atoms with van der Waals surface area (Å²) in [6.45, 7) is 4.26. The molecule has 0 saturated heterocycles. The van der Waals surface area contributed by atoms with Crippen molar-refractivity contribution >= 4 is 22.8 Å². The minimum absolute atomic E-state index is 0.00587. The van der Waals surface area contributed by atoms with E-state index < -0.39 is 0 Å². The van der Waals surface area contributed by atoms with E-state index in [1.807, 2.05) is 29.1 Å². The standard InChI is InChI=1S/C17H19N5O2/c1-3-10(4-2)22-17-13(9-18-22)12(8-15(23)19-17)11-6-5-7-14-16(11)21-24-20-14/h5-7,9-10,12H,3-4,8H2,1-2H3,(H,19,23)/t12-/m0/s1. The predicted molar refractivity (Wildman–Crippen MR) is 88.7 cm³/mol. The van der Waals surface area contributed by atoms with Crippen LogP contribution in [0.3, 0.4) is 0 Å². The molecule has 3 aromatic rings. The van der Waals surface area contributed by atoms with E-state index in [-0.39, 0.29) is 17.9 Å². The number of nitrogens with one attached hydrogen (secondary N) is 1. The molecule has 1 aliphatic heterocycles. The van der Waals surface area contributed by atoms with Gasteiger partial charge in [0.15, 0.2) is 0 Å². The number of hydrogen-bond acceptors (Lipinski definition) is 5. The molecule has 7 nitrogen and oxygen atoms in total. The maximum atomic E-state index is 12.3. The molecule has 4 rings (SSSR count). The highest BCUT2D eigenvalue weighted by Crippen LogP contribution is 2.40. The van der Waals surface area contributed by atoms with Crippen LogP contribution in [-0.2, 0) is 4.79 Å². The van der Waals surface area contributed by atoms with Crippen LogP contribution in [0.25, 0.3) is 11.0 Å². The first kappa shape index (κ1) is 14.9. The molecule has 1 aliphatic rings. The van der Waals surface area contributed by atoms with Crippen LogP contribution >= 0.6 is 0 Å². The highest BCUT2D eigenvalue weighted by atomic mass is 16.6. The van der Waals surface area contributed by atoms with Gasteiger partial charge in [0.1, 0.15) is 16.9 Å². The van der Waals surface area contributed by atoms with Crippen molar-refractivity contribution in [2.45, 2.75) is 45.1 Å². The smallest absolute Gasteiger partial charge is 0.226 e. The Morgan fingerprint density at radius 2 is 2.12 bits per heavy atom. The molecule has 3 heterocycles. The third-order valence-corrected chi connectivity index (χ3v) is 4.83. The fourth-order valence-corrected chi connectivity index (χ4v) is 3.54. The van der Waals surface area contributed by atoms with Gasteiger partial charge in [-0.25, -0.2) is 9.31 Å². The number of hydrogen-bond donors (Lipinski definition) is 1. The summed E-state index contributed by atoms with van der Waals surface area (Å²) in [5.41, 5.74) is 3.39. The molecule has 0 unspecified atom stereocenters. The molecule has 0 fully saturated rings. The maximum Gasteiger partial charge on any atom is 0.226 e. The third kappa shape index (κ3) is 2.19. The summed E-state index contributed by atoms with van der Waals surface area (Å²) in [5, 5.41) is 15.5. The van der Waals surface area contributed by atoms with Crippen molar-refractivity contribution in [3.05, 3.63) is 35.5 Å². The van der Waals surface area contributed by atoms with Crippen molar-refractivity contribution in [2.75, 3.05) is 5.32 Å². The van der Waals surface area contributed by atoms with Crippen LogP contribution in [0.4, 0.5) is 5.82 Å². The second-order valence-electron chi connectivity index (χ2n) is 6.15. The van der Waals surface area contributed by atoms with Gasteiger partial charge in [0.2, 0.25) is 5.91 Å². The molecule has 2 aromatic heterocycles. The van der Waals surface area contributed by atoms with E-state index >= 15 is 0 Å². The lowest BCUT2D eigenvalue weighted by molar-refractivity contribution is -0.116. The molecule has 7 heteroatoms. The summed E-state index contributed by atoms with van der Waals surface area (Å²) in [6, 6.07) is 6.03. The van der Waals surface area contributed by atoms with Gasteiger partial charge < -0.3 is 5.32 Å². The number of carbonyl (C=O) groups is 1. The van der Waals surface area contributed by atoms with Gasteiger partial charge in [-0.05, 0) is 34.8 Å². The van der Waals surface area contributed by atoms with Gasteiger partial charge >= 0.3 is 0 Å². The first-order chi connectivity index (χ1) is 11.7. The van der Waals surface area contributed by atoms with E-state index in [1.165, 1.54) is 0 Å². The van der Waals surface area contributed by atoms with E-state index in [2.05, 4.69) is 34.6 Å². The molecule has 1 N–H and O–H groups in total. The lowest BCUT2D eigenvalue weighted by Gasteiger charge is -2.25. The van der Waals surface area contributed by atoms with Crippen LogP contribution in [0, 0.1) is 0 Å². The lowest BCUT2D eigenvalue weighted by Crippen LogP contribution is -2.26. The number of aromatic nitrogens is 4. The van der Waals surface area contributed by atoms with Crippen LogP contribution in [0.15, 0.2) is 29.0 Å². The molecule has 124 valence electrons. The van der Waals surface area contributed by atoms with Crippen molar-refractivity contribution < 1.29 is 9.42 Å². The Morgan fingerprint density at radius 3 is 2.92 bits per heavy atom. The first-order valence-corrected chi connectivity index (χ1v) is 8.31. The molecule has 0 radical (unpaired) electrons. The fourth-order valence-electron chi connectivity index (χ4n) is 3.54. The number of benzene rings is 1. The monoisotopic (exact) mass is 325 g/mol. The van der Waals surface area contributed by atoms with Crippen LogP contribution in [-0.4, -0.2) is 26.0 Å². The lowest BCUT2D eigenvalue weighted by atomic mass is 9.86. The second-order valence-corrected chi connectivity index (χ2v) is 6.15. The number of anilines is 1. The number of carbonyl (C=O) groups excluding carboxylic acids is 1. The molecule has 1 amide bonds. The highest BCUT2D eigenvalue weighted by molar-refractivity contribution is 5.95. The van der Waals surface area contributed by atoms with Gasteiger partial charge in [-0.15, -0.1) is 0 Å². The molecule has 0 aliphatic carbocycles. The summed E-state index contributed by atoms with van der Waals surface area (Å²) in [4.78, 5) is 12.3. The summed E-state index contributed by atoms with van der Waals surface area (Å²) < 4.78 is 6.81. The number of amides is 1. The molecular formula is C17H19N5O2.